The van der Waals surface area contributed by atoms with Crippen molar-refractivity contribution < 1.29 is 0 Å². The minimum Gasteiger partial charge on any atom is -0.384 e. The van der Waals surface area contributed by atoms with E-state index < -0.39 is 0 Å². The summed E-state index contributed by atoms with van der Waals surface area (Å²) in [4.78, 5) is 0. The zero-order chi connectivity index (χ0) is 11.4. The zero-order valence-electron chi connectivity index (χ0n) is 8.78. The van der Waals surface area contributed by atoms with Gasteiger partial charge >= 0.3 is 0 Å². The Bertz CT molecular complexity index is 339. The summed E-state index contributed by atoms with van der Waals surface area (Å²) in [5.74, 6) is 0.607. The Kier molecular flexibility index (Phi) is 5.04. The molecule has 1 aromatic carbocycles. The lowest BCUT2D eigenvalue weighted by Crippen LogP contribution is -2.10. The summed E-state index contributed by atoms with van der Waals surface area (Å²) in [6, 6.07) is 3.42. The van der Waals surface area contributed by atoms with E-state index in [1.54, 1.807) is 12.1 Å². The Hall–Kier alpha value is -0.110. The highest BCUT2D eigenvalue weighted by atomic mass is 35.5. The largest absolute Gasteiger partial charge is 0.384 e. The molecule has 1 nitrogen and oxygen atoms in total. The van der Waals surface area contributed by atoms with Crippen LogP contribution >= 0.6 is 34.8 Å². The van der Waals surface area contributed by atoms with E-state index in [0.29, 0.717) is 21.0 Å². The Balaban J connectivity index is 2.73. The maximum Gasteiger partial charge on any atom is 0.0653 e. The fraction of sp³-hybridized carbons (Fsp3) is 0.455. The van der Waals surface area contributed by atoms with Crippen LogP contribution in [-0.2, 0) is 0 Å². The molecular weight excluding hydrogens is 252 g/mol. The Labute approximate surface area is 106 Å². The molecule has 1 unspecified atom stereocenters. The van der Waals surface area contributed by atoms with Crippen LogP contribution in [0.4, 0.5) is 5.69 Å². The van der Waals surface area contributed by atoms with Gasteiger partial charge in [-0.2, -0.15) is 0 Å². The first-order valence-corrected chi connectivity index (χ1v) is 6.06. The van der Waals surface area contributed by atoms with Crippen molar-refractivity contribution in [1.29, 1.82) is 0 Å². The molecule has 1 N–H and O–H groups in total. The van der Waals surface area contributed by atoms with Crippen molar-refractivity contribution in [1.82, 2.24) is 0 Å². The molecule has 84 valence electrons. The van der Waals surface area contributed by atoms with Crippen LogP contribution in [0.1, 0.15) is 20.3 Å². The number of halogens is 3. The van der Waals surface area contributed by atoms with Gasteiger partial charge in [0.15, 0.2) is 0 Å². The molecule has 0 aromatic heterocycles. The highest BCUT2D eigenvalue weighted by Gasteiger charge is 2.06. The second-order valence-electron chi connectivity index (χ2n) is 3.64. The molecule has 0 amide bonds. The average molecular weight is 267 g/mol. The second-order valence-corrected chi connectivity index (χ2v) is 4.86. The number of nitrogens with one attached hydrogen (secondary N) is 1. The third-order valence-electron chi connectivity index (χ3n) is 2.35. The molecule has 0 aliphatic heterocycles. The molecular formula is C11H14Cl3N. The van der Waals surface area contributed by atoms with Crippen LogP contribution in [0.3, 0.4) is 0 Å². The smallest absolute Gasteiger partial charge is 0.0653 e. The average Bonchev–Trinajstić information content (AvgIpc) is 2.21. The Morgan fingerprint density at radius 1 is 1.13 bits per heavy atom. The van der Waals surface area contributed by atoms with E-state index >= 15 is 0 Å². The van der Waals surface area contributed by atoms with E-state index in [4.69, 9.17) is 34.8 Å². The lowest BCUT2D eigenvalue weighted by atomic mass is 10.1. The van der Waals surface area contributed by atoms with Gasteiger partial charge in [0.1, 0.15) is 0 Å². The monoisotopic (exact) mass is 265 g/mol. The minimum absolute atomic E-state index is 0.482. The number of hydrogen-bond donors (Lipinski definition) is 1. The van der Waals surface area contributed by atoms with Crippen LogP contribution in [0, 0.1) is 5.92 Å². The van der Waals surface area contributed by atoms with Gasteiger partial charge in [0.25, 0.3) is 0 Å². The molecule has 1 aromatic rings. The molecule has 0 saturated carbocycles. The topological polar surface area (TPSA) is 12.0 Å². The SMILES string of the molecule is CCC(C)CNc1cc(Cl)c(Cl)cc1Cl. The van der Waals surface area contributed by atoms with Gasteiger partial charge < -0.3 is 5.32 Å². The predicted octanol–water partition coefficient (Wildman–Crippen LogP) is 5.10. The zero-order valence-corrected chi connectivity index (χ0v) is 11.0. The van der Waals surface area contributed by atoms with Gasteiger partial charge in [-0.15, -0.1) is 0 Å². The first-order valence-electron chi connectivity index (χ1n) is 4.93. The summed E-state index contributed by atoms with van der Waals surface area (Å²) in [6.07, 6.45) is 1.13. The number of hydrogen-bond acceptors (Lipinski definition) is 1. The van der Waals surface area contributed by atoms with Crippen molar-refractivity contribution in [3.05, 3.63) is 27.2 Å². The number of anilines is 1. The molecule has 0 bridgehead atoms. The standard InChI is InChI=1S/C11H14Cl3N/c1-3-7(2)6-15-11-5-9(13)8(12)4-10(11)14/h4-5,7,15H,3,6H2,1-2H3. The maximum atomic E-state index is 6.02. The molecule has 1 rings (SSSR count). The summed E-state index contributed by atoms with van der Waals surface area (Å²) in [6.45, 7) is 5.22. The summed E-state index contributed by atoms with van der Waals surface area (Å²) in [5, 5.41) is 4.86. The van der Waals surface area contributed by atoms with Crippen LogP contribution < -0.4 is 5.32 Å². The maximum absolute atomic E-state index is 6.02. The molecule has 1 atom stereocenters. The van der Waals surface area contributed by atoms with Gasteiger partial charge in [0.05, 0.1) is 20.8 Å². The van der Waals surface area contributed by atoms with Crippen molar-refractivity contribution in [2.45, 2.75) is 20.3 Å². The fourth-order valence-corrected chi connectivity index (χ4v) is 1.70. The predicted molar refractivity (Wildman–Crippen MR) is 69.4 cm³/mol. The van der Waals surface area contributed by atoms with Crippen LogP contribution in [0.5, 0.6) is 0 Å². The van der Waals surface area contributed by atoms with Gasteiger partial charge in [0.2, 0.25) is 0 Å². The van der Waals surface area contributed by atoms with Gasteiger partial charge in [0, 0.05) is 6.54 Å². The molecule has 0 heterocycles. The molecule has 4 heteroatoms. The van der Waals surface area contributed by atoms with E-state index in [2.05, 4.69) is 19.2 Å². The molecule has 15 heavy (non-hydrogen) atoms. The number of rotatable bonds is 4. The normalized spacial score (nSPS) is 12.6. The van der Waals surface area contributed by atoms with Crippen molar-refractivity contribution in [2.24, 2.45) is 5.92 Å². The molecule has 0 fully saturated rings. The quantitative estimate of drug-likeness (QED) is 0.747. The Morgan fingerprint density at radius 3 is 2.33 bits per heavy atom. The van der Waals surface area contributed by atoms with Crippen LogP contribution in [0.25, 0.3) is 0 Å². The van der Waals surface area contributed by atoms with Crippen LogP contribution in [0.2, 0.25) is 15.1 Å². The summed E-state index contributed by atoms with van der Waals surface area (Å²) >= 11 is 17.8. The summed E-state index contributed by atoms with van der Waals surface area (Å²) < 4.78 is 0. The first-order chi connectivity index (χ1) is 7.04. The van der Waals surface area contributed by atoms with Gasteiger partial charge in [-0.1, -0.05) is 55.1 Å². The van der Waals surface area contributed by atoms with E-state index in [0.717, 1.165) is 18.7 Å². The lowest BCUT2D eigenvalue weighted by Gasteiger charge is -2.13. The minimum atomic E-state index is 0.482. The molecule has 0 saturated heterocycles. The van der Waals surface area contributed by atoms with Gasteiger partial charge in [-0.25, -0.2) is 0 Å². The highest BCUT2D eigenvalue weighted by Crippen LogP contribution is 2.32. The van der Waals surface area contributed by atoms with Crippen molar-refractivity contribution in [3.63, 3.8) is 0 Å². The third-order valence-corrected chi connectivity index (χ3v) is 3.38. The third kappa shape index (κ3) is 3.75. The van der Waals surface area contributed by atoms with Crippen LogP contribution in [-0.4, -0.2) is 6.54 Å². The summed E-state index contributed by atoms with van der Waals surface area (Å²) in [7, 11) is 0. The molecule has 0 aliphatic carbocycles. The van der Waals surface area contributed by atoms with Gasteiger partial charge in [-0.05, 0) is 18.1 Å². The molecule has 0 aliphatic rings. The second kappa shape index (κ2) is 5.83. The fourth-order valence-electron chi connectivity index (χ4n) is 1.09. The van der Waals surface area contributed by atoms with Crippen molar-refractivity contribution in [3.8, 4) is 0 Å². The van der Waals surface area contributed by atoms with Crippen molar-refractivity contribution >= 4 is 40.5 Å². The lowest BCUT2D eigenvalue weighted by molar-refractivity contribution is 0.593. The van der Waals surface area contributed by atoms with E-state index in [-0.39, 0.29) is 0 Å². The molecule has 0 radical (unpaired) electrons. The first kappa shape index (κ1) is 13.0. The Morgan fingerprint density at radius 2 is 1.73 bits per heavy atom. The van der Waals surface area contributed by atoms with Crippen molar-refractivity contribution in [2.75, 3.05) is 11.9 Å². The van der Waals surface area contributed by atoms with Crippen LogP contribution in [0.15, 0.2) is 12.1 Å². The van der Waals surface area contributed by atoms with E-state index in [9.17, 15) is 0 Å². The highest BCUT2D eigenvalue weighted by molar-refractivity contribution is 6.44. The van der Waals surface area contributed by atoms with Gasteiger partial charge in [-0.3, -0.25) is 0 Å². The van der Waals surface area contributed by atoms with E-state index in [1.807, 2.05) is 0 Å². The van der Waals surface area contributed by atoms with E-state index in [1.165, 1.54) is 0 Å². The number of benzene rings is 1. The summed E-state index contributed by atoms with van der Waals surface area (Å²) in [5.41, 5.74) is 0.839. The molecule has 0 spiro atoms.